The molecule has 0 unspecified atom stereocenters. The Morgan fingerprint density at radius 2 is 2.05 bits per heavy atom. The summed E-state index contributed by atoms with van der Waals surface area (Å²) < 4.78 is 0. The number of rotatable bonds is 9. The maximum absolute atomic E-state index is 3.52. The molecule has 118 valence electrons. The van der Waals surface area contributed by atoms with Crippen LogP contribution in [0.15, 0.2) is 29.2 Å². The SMILES string of the molecule is CC(C)CNCc1cccc(SCCCN2CCCC2)c1. The highest BCUT2D eigenvalue weighted by atomic mass is 32.2. The topological polar surface area (TPSA) is 15.3 Å². The van der Waals surface area contributed by atoms with Crippen LogP contribution in [0.3, 0.4) is 0 Å². The van der Waals surface area contributed by atoms with E-state index in [0.29, 0.717) is 5.92 Å². The van der Waals surface area contributed by atoms with Crippen LogP contribution in [0, 0.1) is 5.92 Å². The van der Waals surface area contributed by atoms with Gasteiger partial charge in [-0.3, -0.25) is 0 Å². The van der Waals surface area contributed by atoms with Crippen molar-refractivity contribution in [3.63, 3.8) is 0 Å². The first-order valence-electron chi connectivity index (χ1n) is 8.39. The summed E-state index contributed by atoms with van der Waals surface area (Å²) in [5, 5.41) is 3.52. The number of hydrogen-bond acceptors (Lipinski definition) is 3. The van der Waals surface area contributed by atoms with E-state index >= 15 is 0 Å². The molecule has 0 aromatic heterocycles. The summed E-state index contributed by atoms with van der Waals surface area (Å²) in [6, 6.07) is 9.00. The summed E-state index contributed by atoms with van der Waals surface area (Å²) >= 11 is 2.00. The molecule has 0 amide bonds. The van der Waals surface area contributed by atoms with E-state index in [4.69, 9.17) is 0 Å². The van der Waals surface area contributed by atoms with Crippen molar-refractivity contribution in [2.45, 2.75) is 44.6 Å². The monoisotopic (exact) mass is 306 g/mol. The summed E-state index contributed by atoms with van der Waals surface area (Å²) in [4.78, 5) is 4.02. The minimum Gasteiger partial charge on any atom is -0.312 e. The molecule has 0 atom stereocenters. The average Bonchev–Trinajstić information content (AvgIpc) is 2.97. The van der Waals surface area contributed by atoms with Crippen LogP contribution in [-0.2, 0) is 6.54 Å². The van der Waals surface area contributed by atoms with Crippen molar-refractivity contribution in [3.05, 3.63) is 29.8 Å². The Labute approximate surface area is 134 Å². The fraction of sp³-hybridized carbons (Fsp3) is 0.667. The molecule has 1 heterocycles. The van der Waals surface area contributed by atoms with Crippen molar-refractivity contribution < 1.29 is 0 Å². The Morgan fingerprint density at radius 1 is 1.24 bits per heavy atom. The molecule has 1 fully saturated rings. The molecule has 1 N–H and O–H groups in total. The van der Waals surface area contributed by atoms with Gasteiger partial charge in [0.1, 0.15) is 0 Å². The first-order chi connectivity index (χ1) is 10.2. The molecule has 0 aliphatic carbocycles. The van der Waals surface area contributed by atoms with Crippen molar-refractivity contribution >= 4 is 11.8 Å². The van der Waals surface area contributed by atoms with Crippen molar-refractivity contribution in [1.82, 2.24) is 10.2 Å². The minimum absolute atomic E-state index is 0.716. The molecule has 1 aliphatic rings. The molecule has 21 heavy (non-hydrogen) atoms. The quantitative estimate of drug-likeness (QED) is 0.548. The Morgan fingerprint density at radius 3 is 2.81 bits per heavy atom. The standard InChI is InChI=1S/C18H30N2S/c1-16(2)14-19-15-17-7-5-8-18(13-17)21-12-6-11-20-9-3-4-10-20/h5,7-8,13,16,19H,3-4,6,9-12,14-15H2,1-2H3. The number of likely N-dealkylation sites (tertiary alicyclic amines) is 1. The summed E-state index contributed by atoms with van der Waals surface area (Å²) in [6.45, 7) is 10.5. The van der Waals surface area contributed by atoms with Crippen molar-refractivity contribution in [3.8, 4) is 0 Å². The van der Waals surface area contributed by atoms with Gasteiger partial charge in [0.25, 0.3) is 0 Å². The van der Waals surface area contributed by atoms with Crippen LogP contribution in [-0.4, -0.2) is 36.8 Å². The van der Waals surface area contributed by atoms with Crippen LogP contribution in [0.1, 0.15) is 38.7 Å². The van der Waals surface area contributed by atoms with Gasteiger partial charge in [0.05, 0.1) is 0 Å². The Bertz CT molecular complexity index is 400. The van der Waals surface area contributed by atoms with E-state index in [0.717, 1.165) is 13.1 Å². The fourth-order valence-electron chi connectivity index (χ4n) is 2.73. The van der Waals surface area contributed by atoms with Gasteiger partial charge in [-0.05, 0) is 74.8 Å². The Balaban J connectivity index is 1.65. The maximum Gasteiger partial charge on any atom is 0.0206 e. The summed E-state index contributed by atoms with van der Waals surface area (Å²) in [7, 11) is 0. The van der Waals surface area contributed by atoms with E-state index in [9.17, 15) is 0 Å². The summed E-state index contributed by atoms with van der Waals surface area (Å²) in [5.41, 5.74) is 1.40. The Kier molecular flexibility index (Phi) is 7.62. The predicted octanol–water partition coefficient (Wildman–Crippen LogP) is 4.01. The highest BCUT2D eigenvalue weighted by Gasteiger charge is 2.10. The number of nitrogens with one attached hydrogen (secondary N) is 1. The first kappa shape index (κ1) is 16.9. The lowest BCUT2D eigenvalue weighted by Gasteiger charge is -2.13. The zero-order valence-corrected chi connectivity index (χ0v) is 14.4. The molecule has 0 saturated carbocycles. The third-order valence-corrected chi connectivity index (χ3v) is 4.95. The zero-order chi connectivity index (χ0) is 14.9. The number of nitrogens with zero attached hydrogens (tertiary/aromatic N) is 1. The molecule has 1 aliphatic heterocycles. The molecule has 3 heteroatoms. The number of benzene rings is 1. The van der Waals surface area contributed by atoms with Gasteiger partial charge in [0, 0.05) is 11.4 Å². The zero-order valence-electron chi connectivity index (χ0n) is 13.6. The molecule has 0 radical (unpaired) electrons. The first-order valence-corrected chi connectivity index (χ1v) is 9.37. The summed E-state index contributed by atoms with van der Waals surface area (Å²) in [6.07, 6.45) is 4.11. The molecule has 1 aromatic carbocycles. The second kappa shape index (κ2) is 9.50. The molecule has 2 rings (SSSR count). The minimum atomic E-state index is 0.716. The third kappa shape index (κ3) is 6.86. The lowest BCUT2D eigenvalue weighted by atomic mass is 10.2. The van der Waals surface area contributed by atoms with E-state index in [1.807, 2.05) is 11.8 Å². The Hall–Kier alpha value is -0.510. The van der Waals surface area contributed by atoms with Gasteiger partial charge in [0.15, 0.2) is 0 Å². The largest absolute Gasteiger partial charge is 0.312 e. The number of hydrogen-bond donors (Lipinski definition) is 1. The van der Waals surface area contributed by atoms with Crippen LogP contribution < -0.4 is 5.32 Å². The van der Waals surface area contributed by atoms with Gasteiger partial charge in [0.2, 0.25) is 0 Å². The lowest BCUT2D eigenvalue weighted by molar-refractivity contribution is 0.341. The normalized spacial score (nSPS) is 16.0. The predicted molar refractivity (Wildman–Crippen MR) is 94.0 cm³/mol. The van der Waals surface area contributed by atoms with Crippen LogP contribution in [0.2, 0.25) is 0 Å². The molecule has 1 aromatic rings. The van der Waals surface area contributed by atoms with Crippen LogP contribution in [0.4, 0.5) is 0 Å². The van der Waals surface area contributed by atoms with Crippen LogP contribution in [0.25, 0.3) is 0 Å². The van der Waals surface area contributed by atoms with Crippen LogP contribution >= 0.6 is 11.8 Å². The average molecular weight is 307 g/mol. The van der Waals surface area contributed by atoms with Gasteiger partial charge < -0.3 is 10.2 Å². The maximum atomic E-state index is 3.52. The highest BCUT2D eigenvalue weighted by molar-refractivity contribution is 7.99. The molecule has 1 saturated heterocycles. The number of thioether (sulfide) groups is 1. The van der Waals surface area contributed by atoms with Gasteiger partial charge in [-0.25, -0.2) is 0 Å². The van der Waals surface area contributed by atoms with Gasteiger partial charge in [-0.2, -0.15) is 0 Å². The lowest BCUT2D eigenvalue weighted by Crippen LogP contribution is -2.20. The van der Waals surface area contributed by atoms with E-state index in [-0.39, 0.29) is 0 Å². The van der Waals surface area contributed by atoms with Gasteiger partial charge in [-0.1, -0.05) is 26.0 Å². The van der Waals surface area contributed by atoms with Crippen molar-refractivity contribution in [2.75, 3.05) is 31.9 Å². The molecule has 0 spiro atoms. The second-order valence-electron chi connectivity index (χ2n) is 6.42. The van der Waals surface area contributed by atoms with E-state index in [1.165, 1.54) is 55.1 Å². The smallest absolute Gasteiger partial charge is 0.0206 e. The van der Waals surface area contributed by atoms with Crippen molar-refractivity contribution in [1.29, 1.82) is 0 Å². The van der Waals surface area contributed by atoms with E-state index in [2.05, 4.69) is 48.3 Å². The second-order valence-corrected chi connectivity index (χ2v) is 7.59. The molecular weight excluding hydrogens is 276 g/mol. The highest BCUT2D eigenvalue weighted by Crippen LogP contribution is 2.20. The van der Waals surface area contributed by atoms with Crippen molar-refractivity contribution in [2.24, 2.45) is 5.92 Å². The third-order valence-electron chi connectivity index (χ3n) is 3.87. The molecule has 2 nitrogen and oxygen atoms in total. The molecule has 0 bridgehead atoms. The van der Waals surface area contributed by atoms with Crippen LogP contribution in [0.5, 0.6) is 0 Å². The molecular formula is C18H30N2S. The van der Waals surface area contributed by atoms with E-state index in [1.54, 1.807) is 0 Å². The summed E-state index contributed by atoms with van der Waals surface area (Å²) in [5.74, 6) is 1.95. The van der Waals surface area contributed by atoms with Gasteiger partial charge >= 0.3 is 0 Å². The van der Waals surface area contributed by atoms with E-state index < -0.39 is 0 Å². The fourth-order valence-corrected chi connectivity index (χ4v) is 3.65. The van der Waals surface area contributed by atoms with Gasteiger partial charge in [-0.15, -0.1) is 11.8 Å².